The third-order valence-electron chi connectivity index (χ3n) is 6.41. The second-order valence-corrected chi connectivity index (χ2v) is 9.69. The molecule has 0 radical (unpaired) electrons. The van der Waals surface area contributed by atoms with Gasteiger partial charge in [-0.15, -0.1) is 0 Å². The van der Waals surface area contributed by atoms with Gasteiger partial charge in [-0.3, -0.25) is 9.59 Å². The molecule has 1 aromatic heterocycles. The molecule has 2 rings (SSSR count). The highest BCUT2D eigenvalue weighted by Crippen LogP contribution is 2.39. The Balaban J connectivity index is 2.60. The van der Waals surface area contributed by atoms with Crippen molar-refractivity contribution in [2.75, 3.05) is 21.0 Å². The molecular formula is C28H37FN2O8. The molecule has 39 heavy (non-hydrogen) atoms. The van der Waals surface area contributed by atoms with E-state index in [4.69, 9.17) is 18.9 Å². The van der Waals surface area contributed by atoms with E-state index >= 15 is 0 Å². The van der Waals surface area contributed by atoms with E-state index in [0.29, 0.717) is 5.56 Å². The molecule has 1 N–H and O–H groups in total. The molecule has 0 saturated heterocycles. The van der Waals surface area contributed by atoms with E-state index in [1.807, 2.05) is 13.8 Å². The molecule has 10 nitrogen and oxygen atoms in total. The molecule has 3 atom stereocenters. The monoisotopic (exact) mass is 548 g/mol. The number of hydrogen-bond donors (Lipinski definition) is 1. The van der Waals surface area contributed by atoms with Gasteiger partial charge in [0.05, 0.1) is 20.1 Å². The number of aliphatic carboxylic acids is 1. The van der Waals surface area contributed by atoms with Gasteiger partial charge in [0, 0.05) is 30.3 Å². The number of ether oxygens (including phenoxy) is 4. The van der Waals surface area contributed by atoms with Gasteiger partial charge in [-0.2, -0.15) is 0 Å². The van der Waals surface area contributed by atoms with Gasteiger partial charge in [-0.25, -0.2) is 14.2 Å². The number of esters is 1. The maximum atomic E-state index is 14.1. The molecule has 2 aromatic rings. The summed E-state index contributed by atoms with van der Waals surface area (Å²) in [4.78, 5) is 43.5. The Bertz CT molecular complexity index is 1170. The average molecular weight is 549 g/mol. The summed E-state index contributed by atoms with van der Waals surface area (Å²) in [5, 5.41) is 9.95. The lowest BCUT2D eigenvalue weighted by Gasteiger charge is -2.39. The predicted octanol–water partition coefficient (Wildman–Crippen LogP) is 4.52. The number of carboxylic acid groups (broad SMARTS) is 1. The molecule has 0 aliphatic rings. The van der Waals surface area contributed by atoms with Crippen LogP contribution in [0.15, 0.2) is 30.5 Å². The molecule has 11 heteroatoms. The zero-order valence-corrected chi connectivity index (χ0v) is 23.6. The first-order valence-electron chi connectivity index (χ1n) is 12.6. The summed E-state index contributed by atoms with van der Waals surface area (Å²) in [5.74, 6) is -3.60. The highest BCUT2D eigenvalue weighted by Gasteiger charge is 2.39. The fourth-order valence-corrected chi connectivity index (χ4v) is 4.46. The molecule has 214 valence electrons. The lowest BCUT2D eigenvalue weighted by atomic mass is 9.81. The van der Waals surface area contributed by atoms with Gasteiger partial charge in [0.1, 0.15) is 17.6 Å². The van der Waals surface area contributed by atoms with Crippen molar-refractivity contribution in [2.24, 2.45) is 11.8 Å². The van der Waals surface area contributed by atoms with E-state index in [9.17, 15) is 23.9 Å². The van der Waals surface area contributed by atoms with Crippen molar-refractivity contribution >= 4 is 17.8 Å². The molecule has 1 amide bonds. The minimum Gasteiger partial charge on any atom is -0.496 e. The van der Waals surface area contributed by atoms with Crippen molar-refractivity contribution in [2.45, 2.75) is 59.5 Å². The molecule has 0 fully saturated rings. The quantitative estimate of drug-likeness (QED) is 0.284. The zero-order chi connectivity index (χ0) is 29.4. The molecule has 0 bridgehead atoms. The van der Waals surface area contributed by atoms with E-state index in [2.05, 4.69) is 4.98 Å². The normalized spacial score (nSPS) is 13.4. The number of benzene rings is 1. The summed E-state index contributed by atoms with van der Waals surface area (Å²) in [6.07, 6.45) is 1.33. The fourth-order valence-electron chi connectivity index (χ4n) is 4.46. The molecule has 0 saturated carbocycles. The van der Waals surface area contributed by atoms with Crippen molar-refractivity contribution in [3.8, 4) is 17.2 Å². The number of methoxy groups -OCH3 is 2. The molecular weight excluding hydrogens is 511 g/mol. The summed E-state index contributed by atoms with van der Waals surface area (Å²) in [5.41, 5.74) is 0.399. The van der Waals surface area contributed by atoms with Crippen LogP contribution in [-0.4, -0.2) is 65.9 Å². The number of nitrogens with zero attached hydrogens (tertiary/aromatic N) is 2. The van der Waals surface area contributed by atoms with Crippen LogP contribution in [-0.2, 0) is 14.3 Å². The van der Waals surface area contributed by atoms with Crippen LogP contribution in [0.25, 0.3) is 0 Å². The van der Waals surface area contributed by atoms with Gasteiger partial charge in [0.2, 0.25) is 6.79 Å². The lowest BCUT2D eigenvalue weighted by Crippen LogP contribution is -2.51. The molecule has 1 unspecified atom stereocenters. The Morgan fingerprint density at radius 3 is 2.18 bits per heavy atom. The molecule has 1 aromatic carbocycles. The van der Waals surface area contributed by atoms with Gasteiger partial charge in [0.25, 0.3) is 5.91 Å². The zero-order valence-electron chi connectivity index (χ0n) is 23.6. The topological polar surface area (TPSA) is 124 Å². The molecule has 0 aliphatic heterocycles. The standard InChI is InChI=1S/C28H37FN2O8/c1-15(2)23(20-10-9-19(29)13-22(20)37-8)17(5)31(18(6)27(33)34)26(32)24-25(21(36-7)11-12-30-24)38-14-39-28(35)16(3)4/h9-13,15-18,23H,14H2,1-8H3,(H,33,34)/t17?,18-,23+/m0/s1. The number of carbonyl (C=O) groups excluding carboxylic acids is 2. The van der Waals surface area contributed by atoms with E-state index in [1.165, 1.54) is 50.4 Å². The Morgan fingerprint density at radius 1 is 1.00 bits per heavy atom. The van der Waals surface area contributed by atoms with Gasteiger partial charge in [-0.05, 0) is 31.4 Å². The average Bonchev–Trinajstić information content (AvgIpc) is 2.88. The van der Waals surface area contributed by atoms with Gasteiger partial charge >= 0.3 is 11.9 Å². The third-order valence-corrected chi connectivity index (χ3v) is 6.41. The van der Waals surface area contributed by atoms with Crippen LogP contribution in [0.1, 0.15) is 63.5 Å². The highest BCUT2D eigenvalue weighted by atomic mass is 19.1. The van der Waals surface area contributed by atoms with Crippen LogP contribution in [0.5, 0.6) is 17.2 Å². The number of hydrogen-bond acceptors (Lipinski definition) is 8. The Labute approximate surface area is 228 Å². The number of carbonyl (C=O) groups is 3. The SMILES string of the molecule is COc1cc(F)ccc1[C@H](C(C)C)C(C)N(C(=O)c1nccc(OC)c1OCOC(=O)C(C)C)[C@@H](C)C(=O)O. The minimum absolute atomic E-state index is 0.100. The van der Waals surface area contributed by atoms with Crippen LogP contribution >= 0.6 is 0 Å². The minimum atomic E-state index is -1.28. The summed E-state index contributed by atoms with van der Waals surface area (Å²) in [6, 6.07) is 3.58. The van der Waals surface area contributed by atoms with Crippen LogP contribution < -0.4 is 14.2 Å². The Morgan fingerprint density at radius 2 is 1.64 bits per heavy atom. The van der Waals surface area contributed by atoms with Crippen molar-refractivity contribution < 1.29 is 42.8 Å². The predicted molar refractivity (Wildman–Crippen MR) is 140 cm³/mol. The first-order chi connectivity index (χ1) is 18.3. The second-order valence-electron chi connectivity index (χ2n) is 9.69. The molecule has 1 heterocycles. The van der Waals surface area contributed by atoms with E-state index in [-0.39, 0.29) is 28.9 Å². The summed E-state index contributed by atoms with van der Waals surface area (Å²) >= 11 is 0. The number of aromatic nitrogens is 1. The van der Waals surface area contributed by atoms with Gasteiger partial charge in [-0.1, -0.05) is 33.8 Å². The lowest BCUT2D eigenvalue weighted by molar-refractivity contribution is -0.154. The second kappa shape index (κ2) is 13.8. The summed E-state index contributed by atoms with van der Waals surface area (Å²) in [6.45, 7) is 9.76. The van der Waals surface area contributed by atoms with E-state index in [1.54, 1.807) is 26.8 Å². The van der Waals surface area contributed by atoms with E-state index < -0.39 is 54.4 Å². The Hall–Kier alpha value is -3.89. The number of carboxylic acids is 1. The van der Waals surface area contributed by atoms with Crippen LogP contribution in [0.4, 0.5) is 4.39 Å². The van der Waals surface area contributed by atoms with Crippen molar-refractivity contribution in [1.82, 2.24) is 9.88 Å². The van der Waals surface area contributed by atoms with Crippen LogP contribution in [0.3, 0.4) is 0 Å². The Kier molecular flexibility index (Phi) is 11.1. The summed E-state index contributed by atoms with van der Waals surface area (Å²) < 4.78 is 35.4. The third kappa shape index (κ3) is 7.36. The van der Waals surface area contributed by atoms with Crippen molar-refractivity contribution in [3.63, 3.8) is 0 Å². The number of pyridine rings is 1. The van der Waals surface area contributed by atoms with Gasteiger partial charge in [0.15, 0.2) is 17.2 Å². The molecule has 0 aliphatic carbocycles. The van der Waals surface area contributed by atoms with Gasteiger partial charge < -0.3 is 29.0 Å². The first-order valence-corrected chi connectivity index (χ1v) is 12.6. The maximum absolute atomic E-state index is 14.1. The highest BCUT2D eigenvalue weighted by molar-refractivity contribution is 5.98. The van der Waals surface area contributed by atoms with Crippen molar-refractivity contribution in [3.05, 3.63) is 47.5 Å². The van der Waals surface area contributed by atoms with Crippen LogP contribution in [0.2, 0.25) is 0 Å². The smallest absolute Gasteiger partial charge is 0.326 e. The summed E-state index contributed by atoms with van der Waals surface area (Å²) in [7, 11) is 2.78. The number of halogens is 1. The maximum Gasteiger partial charge on any atom is 0.326 e. The number of amides is 1. The molecule has 0 spiro atoms. The van der Waals surface area contributed by atoms with Crippen molar-refractivity contribution in [1.29, 1.82) is 0 Å². The van der Waals surface area contributed by atoms with Crippen LogP contribution in [0, 0.1) is 17.7 Å². The van der Waals surface area contributed by atoms with E-state index in [0.717, 1.165) is 0 Å². The fraction of sp³-hybridized carbons (Fsp3) is 0.500. The largest absolute Gasteiger partial charge is 0.496 e. The number of rotatable bonds is 13. The first kappa shape index (κ1) is 31.3.